The van der Waals surface area contributed by atoms with Gasteiger partial charge in [-0.1, -0.05) is 27.5 Å². The van der Waals surface area contributed by atoms with E-state index < -0.39 is 6.43 Å². The predicted molar refractivity (Wildman–Crippen MR) is 48.8 cm³/mol. The van der Waals surface area contributed by atoms with Crippen LogP contribution in [0.4, 0.5) is 8.78 Å². The van der Waals surface area contributed by atoms with Crippen molar-refractivity contribution in [3.63, 3.8) is 0 Å². The highest BCUT2D eigenvalue weighted by Crippen LogP contribution is 2.33. The Morgan fingerprint density at radius 1 is 1.42 bits per heavy atom. The van der Waals surface area contributed by atoms with E-state index in [1.807, 2.05) is 0 Å². The minimum absolute atomic E-state index is 0.0916. The largest absolute Gasteiger partial charge is 0.265 e. The maximum atomic E-state index is 12.4. The molecule has 12 heavy (non-hydrogen) atoms. The van der Waals surface area contributed by atoms with Gasteiger partial charge in [0.1, 0.15) is 0 Å². The molecule has 0 amide bonds. The zero-order valence-corrected chi connectivity index (χ0v) is 8.59. The summed E-state index contributed by atoms with van der Waals surface area (Å²) in [5, 5.41) is 0.116. The van der Waals surface area contributed by atoms with Crippen molar-refractivity contribution in [3.8, 4) is 0 Å². The van der Waals surface area contributed by atoms with Gasteiger partial charge in [0.05, 0.1) is 0 Å². The van der Waals surface area contributed by atoms with Gasteiger partial charge < -0.3 is 0 Å². The number of rotatable bonds is 1. The van der Waals surface area contributed by atoms with Crippen molar-refractivity contribution in [3.05, 3.63) is 32.8 Å². The summed E-state index contributed by atoms with van der Waals surface area (Å²) in [6.07, 6.45) is -2.52. The summed E-state index contributed by atoms with van der Waals surface area (Å²) in [7, 11) is 0. The monoisotopic (exact) mass is 254 g/mol. The maximum Gasteiger partial charge on any atom is 0.265 e. The van der Waals surface area contributed by atoms with Gasteiger partial charge in [0.2, 0.25) is 0 Å². The first-order chi connectivity index (χ1) is 5.54. The quantitative estimate of drug-likeness (QED) is 0.700. The van der Waals surface area contributed by atoms with Gasteiger partial charge in [0.15, 0.2) is 0 Å². The molecule has 0 spiro atoms. The fraction of sp³-hybridized carbons (Fsp3) is 0.250. The van der Waals surface area contributed by atoms with Crippen molar-refractivity contribution in [2.24, 2.45) is 0 Å². The molecule has 1 aromatic carbocycles. The Kier molecular flexibility index (Phi) is 3.07. The fourth-order valence-electron chi connectivity index (χ4n) is 0.937. The van der Waals surface area contributed by atoms with Crippen LogP contribution in [0, 0.1) is 6.92 Å². The summed E-state index contributed by atoms with van der Waals surface area (Å²) in [5.41, 5.74) is 0.406. The molecular formula is C8H6BrClF2. The molecule has 0 saturated heterocycles. The summed E-state index contributed by atoms with van der Waals surface area (Å²) in [6, 6.07) is 3.11. The van der Waals surface area contributed by atoms with Gasteiger partial charge >= 0.3 is 0 Å². The highest BCUT2D eigenvalue weighted by Gasteiger charge is 2.16. The van der Waals surface area contributed by atoms with E-state index in [4.69, 9.17) is 11.6 Å². The number of alkyl halides is 2. The molecule has 0 aliphatic carbocycles. The Hall–Kier alpha value is -0.150. The van der Waals surface area contributed by atoms with Gasteiger partial charge in [0.25, 0.3) is 6.43 Å². The molecule has 0 N–H and O–H groups in total. The molecule has 66 valence electrons. The third kappa shape index (κ3) is 1.77. The van der Waals surface area contributed by atoms with Crippen LogP contribution in [-0.4, -0.2) is 0 Å². The normalized spacial score (nSPS) is 10.8. The summed E-state index contributed by atoms with van der Waals surface area (Å²) < 4.78 is 25.4. The Morgan fingerprint density at radius 2 is 2.00 bits per heavy atom. The second kappa shape index (κ2) is 3.71. The Labute approximate surface area is 82.7 Å². The first-order valence-electron chi connectivity index (χ1n) is 3.26. The smallest absolute Gasteiger partial charge is 0.205 e. The molecular weight excluding hydrogens is 249 g/mol. The minimum atomic E-state index is -2.52. The van der Waals surface area contributed by atoms with Crippen molar-refractivity contribution in [2.45, 2.75) is 13.3 Å². The van der Waals surface area contributed by atoms with E-state index in [0.29, 0.717) is 10.0 Å². The molecule has 1 rings (SSSR count). The van der Waals surface area contributed by atoms with E-state index in [1.165, 1.54) is 6.07 Å². The van der Waals surface area contributed by atoms with Crippen LogP contribution in [0.1, 0.15) is 17.6 Å². The lowest BCUT2D eigenvalue weighted by Gasteiger charge is -2.08. The van der Waals surface area contributed by atoms with Crippen molar-refractivity contribution in [1.82, 2.24) is 0 Å². The van der Waals surface area contributed by atoms with E-state index in [9.17, 15) is 8.78 Å². The van der Waals surface area contributed by atoms with E-state index in [1.54, 1.807) is 13.0 Å². The molecule has 0 aromatic heterocycles. The van der Waals surface area contributed by atoms with Gasteiger partial charge in [-0.15, -0.1) is 0 Å². The van der Waals surface area contributed by atoms with Crippen LogP contribution in [0.3, 0.4) is 0 Å². The second-order valence-corrected chi connectivity index (χ2v) is 3.63. The van der Waals surface area contributed by atoms with E-state index in [-0.39, 0.29) is 10.6 Å². The second-order valence-electron chi connectivity index (χ2n) is 2.37. The van der Waals surface area contributed by atoms with Gasteiger partial charge in [-0.05, 0) is 24.6 Å². The predicted octanol–water partition coefficient (Wildman–Crippen LogP) is 4.35. The number of hydrogen-bond acceptors (Lipinski definition) is 0. The highest BCUT2D eigenvalue weighted by atomic mass is 79.9. The number of benzene rings is 1. The zero-order valence-electron chi connectivity index (χ0n) is 6.24. The minimum Gasteiger partial charge on any atom is -0.205 e. The molecule has 0 atom stereocenters. The average Bonchev–Trinajstić information content (AvgIpc) is 1.97. The molecule has 0 saturated carbocycles. The van der Waals surface area contributed by atoms with E-state index in [2.05, 4.69) is 15.9 Å². The van der Waals surface area contributed by atoms with Crippen LogP contribution in [0.15, 0.2) is 16.6 Å². The molecule has 0 bridgehead atoms. The van der Waals surface area contributed by atoms with Crippen LogP contribution in [0.2, 0.25) is 5.02 Å². The Morgan fingerprint density at radius 3 is 2.42 bits per heavy atom. The molecule has 4 heteroatoms. The number of hydrogen-bond donors (Lipinski definition) is 0. The molecule has 0 heterocycles. The van der Waals surface area contributed by atoms with Crippen LogP contribution >= 0.6 is 27.5 Å². The first kappa shape index (κ1) is 9.93. The lowest BCUT2D eigenvalue weighted by Crippen LogP contribution is -1.91. The van der Waals surface area contributed by atoms with Gasteiger partial charge in [-0.2, -0.15) is 0 Å². The lowest BCUT2D eigenvalue weighted by atomic mass is 10.1. The van der Waals surface area contributed by atoms with E-state index in [0.717, 1.165) is 0 Å². The maximum absolute atomic E-state index is 12.4. The summed E-state index contributed by atoms with van der Waals surface area (Å²) in [5.74, 6) is 0. The molecule has 0 radical (unpaired) electrons. The molecule has 0 unspecified atom stereocenters. The zero-order chi connectivity index (χ0) is 9.30. The van der Waals surface area contributed by atoms with Gasteiger partial charge in [-0.3, -0.25) is 0 Å². The van der Waals surface area contributed by atoms with Crippen LogP contribution in [0.25, 0.3) is 0 Å². The third-order valence-corrected chi connectivity index (χ3v) is 2.80. The van der Waals surface area contributed by atoms with Crippen LogP contribution in [-0.2, 0) is 0 Å². The summed E-state index contributed by atoms with van der Waals surface area (Å²) in [6.45, 7) is 1.61. The van der Waals surface area contributed by atoms with Gasteiger partial charge in [-0.25, -0.2) is 8.78 Å². The molecule has 0 aliphatic heterocycles. The molecule has 0 fully saturated rings. The lowest BCUT2D eigenvalue weighted by molar-refractivity contribution is 0.150. The summed E-state index contributed by atoms with van der Waals surface area (Å²) in [4.78, 5) is 0. The van der Waals surface area contributed by atoms with E-state index >= 15 is 0 Å². The first-order valence-corrected chi connectivity index (χ1v) is 4.43. The molecule has 1 aromatic rings. The van der Waals surface area contributed by atoms with Crippen molar-refractivity contribution >= 4 is 27.5 Å². The molecule has 0 nitrogen and oxygen atoms in total. The Balaban J connectivity index is 3.33. The number of halogens is 4. The van der Waals surface area contributed by atoms with Crippen molar-refractivity contribution < 1.29 is 8.78 Å². The fourth-order valence-corrected chi connectivity index (χ4v) is 1.57. The molecule has 0 aliphatic rings. The van der Waals surface area contributed by atoms with Crippen molar-refractivity contribution in [2.75, 3.05) is 0 Å². The Bertz CT molecular complexity index is 299. The topological polar surface area (TPSA) is 0 Å². The SMILES string of the molecule is Cc1c(Br)ccc(Cl)c1C(F)F. The van der Waals surface area contributed by atoms with Crippen LogP contribution in [0.5, 0.6) is 0 Å². The third-order valence-electron chi connectivity index (χ3n) is 1.61. The standard InChI is InChI=1S/C8H6BrClF2/c1-4-5(9)2-3-6(10)7(4)8(11)12/h2-3,8H,1H3. The highest BCUT2D eigenvalue weighted by molar-refractivity contribution is 9.10. The average molecular weight is 255 g/mol. The van der Waals surface area contributed by atoms with Crippen LogP contribution < -0.4 is 0 Å². The summed E-state index contributed by atoms with van der Waals surface area (Å²) >= 11 is 8.75. The van der Waals surface area contributed by atoms with Gasteiger partial charge in [0, 0.05) is 15.1 Å². The van der Waals surface area contributed by atoms with Crippen molar-refractivity contribution in [1.29, 1.82) is 0 Å².